The second-order valence-electron chi connectivity index (χ2n) is 8.33. The highest BCUT2D eigenvalue weighted by Gasteiger charge is 2.64. The summed E-state index contributed by atoms with van der Waals surface area (Å²) in [7, 11) is 1.80. The lowest BCUT2D eigenvalue weighted by atomic mass is 9.38. The minimum absolute atomic E-state index is 0.112. The van der Waals surface area contributed by atoms with Gasteiger partial charge in [0.1, 0.15) is 0 Å². The second kappa shape index (κ2) is 4.12. The van der Waals surface area contributed by atoms with Crippen molar-refractivity contribution in [3.63, 3.8) is 0 Å². The Hall–Kier alpha value is -1.31. The van der Waals surface area contributed by atoms with Crippen molar-refractivity contribution in [2.45, 2.75) is 50.9 Å². The van der Waals surface area contributed by atoms with Crippen molar-refractivity contribution >= 4 is 5.91 Å². The predicted octanol–water partition coefficient (Wildman–Crippen LogP) is 3.66. The molecule has 1 aromatic rings. The first-order valence-electron chi connectivity index (χ1n) is 8.27. The topological polar surface area (TPSA) is 29.1 Å². The van der Waals surface area contributed by atoms with Gasteiger partial charge in [0.15, 0.2) is 0 Å². The third-order valence-corrected chi connectivity index (χ3v) is 6.44. The maximum atomic E-state index is 12.7. The van der Waals surface area contributed by atoms with Gasteiger partial charge in [-0.3, -0.25) is 4.79 Å². The molecular formula is C19H25NO. The van der Waals surface area contributed by atoms with Crippen LogP contribution in [0.5, 0.6) is 0 Å². The minimum atomic E-state index is -0.112. The van der Waals surface area contributed by atoms with Crippen LogP contribution in [0.1, 0.15) is 51.0 Å². The number of benzene rings is 1. The maximum Gasteiger partial charge on any atom is 0.226 e. The summed E-state index contributed by atoms with van der Waals surface area (Å²) in [5.41, 5.74) is 1.94. The highest BCUT2D eigenvalue weighted by Crippen LogP contribution is 2.69. The van der Waals surface area contributed by atoms with Gasteiger partial charge in [0.25, 0.3) is 0 Å². The van der Waals surface area contributed by atoms with Crippen LogP contribution in [-0.2, 0) is 10.2 Å². The highest BCUT2D eigenvalue weighted by molar-refractivity contribution is 5.83. The summed E-state index contributed by atoms with van der Waals surface area (Å²) >= 11 is 0. The van der Waals surface area contributed by atoms with Gasteiger partial charge < -0.3 is 5.32 Å². The standard InChI is InChI=1S/C19H25NO/c1-17-8-14-9-18(11-17,15-6-4-3-5-7-15)13-19(10-14,12-17)16(21)20-2/h3-7,14H,8-13H2,1-2H3,(H,20,21). The molecule has 0 aromatic heterocycles. The van der Waals surface area contributed by atoms with Crippen LogP contribution in [0.15, 0.2) is 30.3 Å². The van der Waals surface area contributed by atoms with Crippen LogP contribution < -0.4 is 5.32 Å². The summed E-state index contributed by atoms with van der Waals surface area (Å²) in [6.07, 6.45) is 7.11. The SMILES string of the molecule is CNC(=O)C12CC3CC(C)(C1)CC(c1ccccc1)(C3)C2. The zero-order chi connectivity index (χ0) is 14.7. The molecule has 1 aromatic carbocycles. The summed E-state index contributed by atoms with van der Waals surface area (Å²) in [5, 5.41) is 2.97. The molecule has 0 heterocycles. The third-order valence-electron chi connectivity index (χ3n) is 6.44. The van der Waals surface area contributed by atoms with Gasteiger partial charge in [-0.15, -0.1) is 0 Å². The van der Waals surface area contributed by atoms with Crippen molar-refractivity contribution in [3.8, 4) is 0 Å². The Kier molecular flexibility index (Phi) is 2.62. The molecular weight excluding hydrogens is 258 g/mol. The monoisotopic (exact) mass is 283 g/mol. The molecule has 5 rings (SSSR count). The van der Waals surface area contributed by atoms with Crippen LogP contribution in [0.2, 0.25) is 0 Å². The van der Waals surface area contributed by atoms with Crippen molar-refractivity contribution in [2.24, 2.45) is 16.7 Å². The number of amides is 1. The van der Waals surface area contributed by atoms with Crippen LogP contribution in [0, 0.1) is 16.7 Å². The molecule has 4 fully saturated rings. The Labute approximate surface area is 127 Å². The van der Waals surface area contributed by atoms with Gasteiger partial charge in [0.05, 0.1) is 5.41 Å². The van der Waals surface area contributed by atoms with Crippen molar-refractivity contribution in [1.29, 1.82) is 0 Å². The fourth-order valence-corrected chi connectivity index (χ4v) is 6.55. The average molecular weight is 283 g/mol. The first-order chi connectivity index (χ1) is 9.99. The smallest absolute Gasteiger partial charge is 0.226 e. The second-order valence-corrected chi connectivity index (χ2v) is 8.33. The quantitative estimate of drug-likeness (QED) is 0.881. The van der Waals surface area contributed by atoms with Gasteiger partial charge in [-0.25, -0.2) is 0 Å². The lowest BCUT2D eigenvalue weighted by Gasteiger charge is -2.65. The van der Waals surface area contributed by atoms with E-state index in [0.29, 0.717) is 5.41 Å². The van der Waals surface area contributed by atoms with Gasteiger partial charge in [-0.1, -0.05) is 37.3 Å². The Morgan fingerprint density at radius 2 is 1.86 bits per heavy atom. The van der Waals surface area contributed by atoms with E-state index in [2.05, 4.69) is 42.6 Å². The largest absolute Gasteiger partial charge is 0.359 e. The Morgan fingerprint density at radius 1 is 1.10 bits per heavy atom. The number of rotatable bonds is 2. The van der Waals surface area contributed by atoms with E-state index in [9.17, 15) is 4.79 Å². The molecule has 2 nitrogen and oxygen atoms in total. The summed E-state index contributed by atoms with van der Waals surface area (Å²) in [4.78, 5) is 12.7. The van der Waals surface area contributed by atoms with E-state index >= 15 is 0 Å². The van der Waals surface area contributed by atoms with Gasteiger partial charge in [0, 0.05) is 7.05 Å². The van der Waals surface area contributed by atoms with Gasteiger partial charge in [-0.05, 0) is 60.8 Å². The molecule has 4 bridgehead atoms. The summed E-state index contributed by atoms with van der Waals surface area (Å²) in [6.45, 7) is 2.42. The number of hydrogen-bond acceptors (Lipinski definition) is 1. The first-order valence-corrected chi connectivity index (χ1v) is 8.27. The number of hydrogen-bond donors (Lipinski definition) is 1. The third kappa shape index (κ3) is 1.81. The highest BCUT2D eigenvalue weighted by atomic mass is 16.2. The van der Waals surface area contributed by atoms with E-state index in [4.69, 9.17) is 0 Å². The van der Waals surface area contributed by atoms with E-state index in [-0.39, 0.29) is 16.7 Å². The van der Waals surface area contributed by atoms with Crippen molar-refractivity contribution in [2.75, 3.05) is 7.05 Å². The Morgan fingerprint density at radius 3 is 2.52 bits per heavy atom. The zero-order valence-corrected chi connectivity index (χ0v) is 13.1. The van der Waals surface area contributed by atoms with Gasteiger partial charge >= 0.3 is 0 Å². The summed E-state index contributed by atoms with van der Waals surface area (Å²) < 4.78 is 0. The number of carbonyl (C=O) groups excluding carboxylic acids is 1. The molecule has 1 N–H and O–H groups in total. The number of nitrogens with one attached hydrogen (secondary N) is 1. The lowest BCUT2D eigenvalue weighted by molar-refractivity contribution is -0.159. The molecule has 21 heavy (non-hydrogen) atoms. The molecule has 4 saturated carbocycles. The lowest BCUT2D eigenvalue weighted by Crippen LogP contribution is -2.61. The molecule has 1 amide bonds. The molecule has 4 unspecified atom stereocenters. The maximum absolute atomic E-state index is 12.7. The summed E-state index contributed by atoms with van der Waals surface area (Å²) in [6, 6.07) is 11.0. The van der Waals surface area contributed by atoms with E-state index in [1.165, 1.54) is 24.8 Å². The molecule has 112 valence electrons. The van der Waals surface area contributed by atoms with Crippen LogP contribution in [0.4, 0.5) is 0 Å². The molecule has 0 saturated heterocycles. The van der Waals surface area contributed by atoms with Crippen LogP contribution in [-0.4, -0.2) is 13.0 Å². The molecule has 0 spiro atoms. The molecule has 0 aliphatic heterocycles. The normalized spacial score (nSPS) is 43.8. The van der Waals surface area contributed by atoms with Gasteiger partial charge in [0.2, 0.25) is 5.91 Å². The minimum Gasteiger partial charge on any atom is -0.359 e. The van der Waals surface area contributed by atoms with Crippen molar-refractivity contribution in [1.82, 2.24) is 5.32 Å². The van der Waals surface area contributed by atoms with E-state index < -0.39 is 0 Å². The fraction of sp³-hybridized carbons (Fsp3) is 0.632. The van der Waals surface area contributed by atoms with Gasteiger partial charge in [-0.2, -0.15) is 0 Å². The van der Waals surface area contributed by atoms with E-state index in [1.807, 2.05) is 0 Å². The van der Waals surface area contributed by atoms with Crippen LogP contribution >= 0.6 is 0 Å². The van der Waals surface area contributed by atoms with E-state index in [0.717, 1.165) is 25.2 Å². The molecule has 2 heteroatoms. The molecule has 4 aliphatic carbocycles. The molecule has 0 radical (unpaired) electrons. The number of carbonyl (C=O) groups is 1. The van der Waals surface area contributed by atoms with E-state index in [1.54, 1.807) is 7.05 Å². The average Bonchev–Trinajstić information content (AvgIpc) is 2.45. The van der Waals surface area contributed by atoms with Crippen molar-refractivity contribution in [3.05, 3.63) is 35.9 Å². The summed E-state index contributed by atoms with van der Waals surface area (Å²) in [5.74, 6) is 1.02. The van der Waals surface area contributed by atoms with Crippen LogP contribution in [0.25, 0.3) is 0 Å². The van der Waals surface area contributed by atoms with Crippen molar-refractivity contribution < 1.29 is 4.79 Å². The first kappa shape index (κ1) is 13.4. The zero-order valence-electron chi connectivity index (χ0n) is 13.1. The molecule has 4 atom stereocenters. The predicted molar refractivity (Wildman–Crippen MR) is 83.9 cm³/mol. The van der Waals surface area contributed by atoms with Crippen LogP contribution in [0.3, 0.4) is 0 Å². The Balaban J connectivity index is 1.82. The molecule has 4 aliphatic rings. The Bertz CT molecular complexity index is 582. The fourth-order valence-electron chi connectivity index (χ4n) is 6.55.